The average molecular weight is 271 g/mol. The Bertz CT molecular complexity index is 430. The molecule has 0 aliphatic carbocycles. The lowest BCUT2D eigenvalue weighted by Gasteiger charge is -2.17. The van der Waals surface area contributed by atoms with Crippen molar-refractivity contribution < 1.29 is 18.2 Å². The van der Waals surface area contributed by atoms with Gasteiger partial charge < -0.3 is 18.9 Å². The second-order valence-corrected chi connectivity index (χ2v) is 5.57. The summed E-state index contributed by atoms with van der Waals surface area (Å²) in [4.78, 5) is 1.71. The SMILES string of the molecule is CN(CS(=O)O)c1ccc(OCC2(C)CO2)cc1. The van der Waals surface area contributed by atoms with Crippen molar-refractivity contribution in [3.63, 3.8) is 0 Å². The van der Waals surface area contributed by atoms with Crippen molar-refractivity contribution in [2.75, 3.05) is 31.0 Å². The smallest absolute Gasteiger partial charge is 0.173 e. The van der Waals surface area contributed by atoms with Crippen LogP contribution in [-0.2, 0) is 15.8 Å². The molecule has 6 heteroatoms. The van der Waals surface area contributed by atoms with Crippen LogP contribution in [0.4, 0.5) is 5.69 Å². The van der Waals surface area contributed by atoms with Crippen molar-refractivity contribution >= 4 is 16.8 Å². The zero-order chi connectivity index (χ0) is 13.2. The fourth-order valence-corrected chi connectivity index (χ4v) is 1.96. The molecule has 5 nitrogen and oxygen atoms in total. The van der Waals surface area contributed by atoms with Crippen LogP contribution in [0.15, 0.2) is 24.3 Å². The fraction of sp³-hybridized carbons (Fsp3) is 0.500. The van der Waals surface area contributed by atoms with Crippen LogP contribution in [0.1, 0.15) is 6.92 Å². The molecule has 0 spiro atoms. The molecule has 2 atom stereocenters. The normalized spacial score (nSPS) is 23.5. The van der Waals surface area contributed by atoms with Crippen LogP contribution in [0.25, 0.3) is 0 Å². The summed E-state index contributed by atoms with van der Waals surface area (Å²) < 4.78 is 30.3. The van der Waals surface area contributed by atoms with E-state index in [2.05, 4.69) is 0 Å². The van der Waals surface area contributed by atoms with Crippen LogP contribution in [-0.4, -0.2) is 40.5 Å². The highest BCUT2D eigenvalue weighted by Gasteiger charge is 2.40. The third-order valence-electron chi connectivity index (χ3n) is 2.76. The standard InChI is InChI=1S/C12H17NO4S/c1-12(8-17-12)7-16-11-5-3-10(4-6-11)13(2)9-18(14)15/h3-6H,7-9H2,1-2H3,(H,14,15). The van der Waals surface area contributed by atoms with E-state index in [0.29, 0.717) is 6.61 Å². The van der Waals surface area contributed by atoms with Crippen LogP contribution in [0.3, 0.4) is 0 Å². The predicted octanol–water partition coefficient (Wildman–Crippen LogP) is 1.47. The minimum absolute atomic E-state index is 0.0894. The van der Waals surface area contributed by atoms with Gasteiger partial charge in [-0.15, -0.1) is 0 Å². The Hall–Kier alpha value is -1.11. The zero-order valence-electron chi connectivity index (χ0n) is 10.5. The van der Waals surface area contributed by atoms with E-state index in [9.17, 15) is 4.21 Å². The van der Waals surface area contributed by atoms with Gasteiger partial charge in [-0.05, 0) is 31.2 Å². The fourth-order valence-electron chi connectivity index (χ4n) is 1.48. The maximum atomic E-state index is 10.7. The quantitative estimate of drug-likeness (QED) is 0.627. The topological polar surface area (TPSA) is 62.3 Å². The van der Waals surface area contributed by atoms with E-state index in [1.54, 1.807) is 11.9 Å². The Morgan fingerprint density at radius 1 is 1.50 bits per heavy atom. The molecule has 2 unspecified atom stereocenters. The maximum absolute atomic E-state index is 10.7. The van der Waals surface area contributed by atoms with Crippen molar-refractivity contribution in [1.82, 2.24) is 0 Å². The minimum atomic E-state index is -1.83. The van der Waals surface area contributed by atoms with Crippen LogP contribution >= 0.6 is 0 Å². The molecule has 0 saturated carbocycles. The van der Waals surface area contributed by atoms with Crippen molar-refractivity contribution in [2.45, 2.75) is 12.5 Å². The summed E-state index contributed by atoms with van der Waals surface area (Å²) in [5.41, 5.74) is 0.752. The van der Waals surface area contributed by atoms with E-state index in [1.165, 1.54) is 0 Å². The molecule has 1 fully saturated rings. The van der Waals surface area contributed by atoms with E-state index in [-0.39, 0.29) is 11.5 Å². The summed E-state index contributed by atoms with van der Waals surface area (Å²) in [5.74, 6) is 0.862. The first-order valence-corrected chi connectivity index (χ1v) is 6.91. The summed E-state index contributed by atoms with van der Waals surface area (Å²) in [7, 11) is 1.77. The highest BCUT2D eigenvalue weighted by Crippen LogP contribution is 2.27. The predicted molar refractivity (Wildman–Crippen MR) is 70.3 cm³/mol. The summed E-state index contributed by atoms with van der Waals surface area (Å²) in [6.45, 7) is 3.30. The van der Waals surface area contributed by atoms with Crippen molar-refractivity contribution in [3.05, 3.63) is 24.3 Å². The van der Waals surface area contributed by atoms with Crippen molar-refractivity contribution in [1.29, 1.82) is 0 Å². The van der Waals surface area contributed by atoms with E-state index in [4.69, 9.17) is 14.0 Å². The number of anilines is 1. The summed E-state index contributed by atoms with van der Waals surface area (Å²) in [6.07, 6.45) is 0. The van der Waals surface area contributed by atoms with Gasteiger partial charge in [0.15, 0.2) is 11.1 Å². The molecule has 0 bridgehead atoms. The second-order valence-electron chi connectivity index (χ2n) is 4.67. The third-order valence-corrected chi connectivity index (χ3v) is 3.37. The molecule has 0 amide bonds. The van der Waals surface area contributed by atoms with Gasteiger partial charge in [-0.25, -0.2) is 4.21 Å². The van der Waals surface area contributed by atoms with Gasteiger partial charge in [0.2, 0.25) is 0 Å². The molecular formula is C12H17NO4S. The first kappa shape index (κ1) is 13.3. The molecular weight excluding hydrogens is 254 g/mol. The van der Waals surface area contributed by atoms with Crippen LogP contribution in [0.2, 0.25) is 0 Å². The van der Waals surface area contributed by atoms with Crippen LogP contribution in [0, 0.1) is 0 Å². The molecule has 1 heterocycles. The summed E-state index contributed by atoms with van der Waals surface area (Å²) >= 11 is -1.83. The molecule has 1 aliphatic heterocycles. The molecule has 18 heavy (non-hydrogen) atoms. The highest BCUT2D eigenvalue weighted by atomic mass is 32.2. The van der Waals surface area contributed by atoms with E-state index in [0.717, 1.165) is 18.0 Å². The summed E-state index contributed by atoms with van der Waals surface area (Å²) in [6, 6.07) is 7.41. The number of nitrogens with zero attached hydrogens (tertiary/aromatic N) is 1. The number of hydrogen-bond donors (Lipinski definition) is 1. The lowest BCUT2D eigenvalue weighted by molar-refractivity contribution is 0.202. The number of rotatable bonds is 6. The number of benzene rings is 1. The van der Waals surface area contributed by atoms with E-state index >= 15 is 0 Å². The highest BCUT2D eigenvalue weighted by molar-refractivity contribution is 7.79. The monoisotopic (exact) mass is 271 g/mol. The summed E-state index contributed by atoms with van der Waals surface area (Å²) in [5, 5.41) is 0. The molecule has 1 saturated heterocycles. The van der Waals surface area contributed by atoms with Gasteiger partial charge in [0, 0.05) is 12.7 Å². The number of epoxide rings is 1. The Balaban J connectivity index is 1.90. The number of hydrogen-bond acceptors (Lipinski definition) is 4. The first-order chi connectivity index (χ1) is 8.48. The van der Waals surface area contributed by atoms with Gasteiger partial charge in [0.05, 0.1) is 6.61 Å². The first-order valence-electron chi connectivity index (χ1n) is 5.64. The molecule has 1 aromatic carbocycles. The molecule has 1 N–H and O–H groups in total. The van der Waals surface area contributed by atoms with Gasteiger partial charge in [0.1, 0.15) is 23.8 Å². The Labute approximate surface area is 109 Å². The molecule has 0 aromatic heterocycles. The zero-order valence-corrected chi connectivity index (χ0v) is 11.3. The molecule has 1 aliphatic rings. The molecule has 1 aromatic rings. The minimum Gasteiger partial charge on any atom is -0.491 e. The van der Waals surface area contributed by atoms with E-state index < -0.39 is 11.1 Å². The molecule has 0 radical (unpaired) electrons. The third kappa shape index (κ3) is 3.69. The van der Waals surface area contributed by atoms with Gasteiger partial charge in [-0.1, -0.05) is 0 Å². The van der Waals surface area contributed by atoms with Gasteiger partial charge in [-0.2, -0.15) is 0 Å². The number of ether oxygens (including phenoxy) is 2. The largest absolute Gasteiger partial charge is 0.491 e. The van der Waals surface area contributed by atoms with E-state index in [1.807, 2.05) is 31.2 Å². The lowest BCUT2D eigenvalue weighted by Crippen LogP contribution is -2.21. The molecule has 100 valence electrons. The van der Waals surface area contributed by atoms with Crippen molar-refractivity contribution in [3.8, 4) is 5.75 Å². The van der Waals surface area contributed by atoms with Gasteiger partial charge >= 0.3 is 0 Å². The molecule has 2 rings (SSSR count). The lowest BCUT2D eigenvalue weighted by atomic mass is 10.2. The maximum Gasteiger partial charge on any atom is 0.173 e. The Kier molecular flexibility index (Phi) is 3.89. The average Bonchev–Trinajstić information content (AvgIpc) is 3.05. The van der Waals surface area contributed by atoms with Gasteiger partial charge in [-0.3, -0.25) is 0 Å². The van der Waals surface area contributed by atoms with Crippen LogP contribution < -0.4 is 9.64 Å². The Morgan fingerprint density at radius 2 is 2.11 bits per heavy atom. The van der Waals surface area contributed by atoms with Crippen molar-refractivity contribution in [2.24, 2.45) is 0 Å². The second kappa shape index (κ2) is 5.26. The van der Waals surface area contributed by atoms with Gasteiger partial charge in [0.25, 0.3) is 0 Å². The Morgan fingerprint density at radius 3 is 2.61 bits per heavy atom. The van der Waals surface area contributed by atoms with Crippen LogP contribution in [0.5, 0.6) is 5.75 Å².